The summed E-state index contributed by atoms with van der Waals surface area (Å²) in [7, 11) is 0. The summed E-state index contributed by atoms with van der Waals surface area (Å²) in [5.74, 6) is -1.14. The van der Waals surface area contributed by atoms with Crippen LogP contribution in [-0.2, 0) is 9.59 Å². The zero-order valence-electron chi connectivity index (χ0n) is 8.99. The molecule has 0 fully saturated rings. The monoisotopic (exact) mass is 218 g/mol. The van der Waals surface area contributed by atoms with Gasteiger partial charge in [0.05, 0.1) is 6.10 Å². The predicted octanol–water partition coefficient (Wildman–Crippen LogP) is -0.452. The summed E-state index contributed by atoms with van der Waals surface area (Å²) in [6, 6.07) is -1.11. The van der Waals surface area contributed by atoms with Crippen LogP contribution < -0.4 is 10.8 Å². The molecule has 0 bridgehead atoms. The SMILES string of the molecule is CCCCC(=O)N[C@H](C(=O)NO)[C@@H](C)O. The number of carbonyl (C=O) groups is 2. The quantitative estimate of drug-likeness (QED) is 0.358. The largest absolute Gasteiger partial charge is 0.391 e. The molecule has 2 amide bonds. The number of unbranched alkanes of at least 4 members (excludes halogenated alkanes) is 1. The fraction of sp³-hybridized carbons (Fsp3) is 0.778. The van der Waals surface area contributed by atoms with E-state index in [4.69, 9.17) is 5.21 Å². The topological polar surface area (TPSA) is 98.7 Å². The Morgan fingerprint density at radius 1 is 1.40 bits per heavy atom. The number of hydrogen-bond acceptors (Lipinski definition) is 4. The van der Waals surface area contributed by atoms with Crippen molar-refractivity contribution in [3.63, 3.8) is 0 Å². The standard InChI is InChI=1S/C9H18N2O4/c1-3-4-5-7(13)10-8(6(2)12)9(14)11-15/h6,8,12,15H,3-5H2,1-2H3,(H,10,13)(H,11,14)/t6-,8+/m1/s1. The second-order valence-corrected chi connectivity index (χ2v) is 3.37. The van der Waals surface area contributed by atoms with Gasteiger partial charge in [-0.3, -0.25) is 14.8 Å². The van der Waals surface area contributed by atoms with Crippen molar-refractivity contribution >= 4 is 11.8 Å². The minimum Gasteiger partial charge on any atom is -0.391 e. The highest BCUT2D eigenvalue weighted by atomic mass is 16.5. The maximum absolute atomic E-state index is 11.3. The molecule has 0 aromatic carbocycles. The van der Waals surface area contributed by atoms with Gasteiger partial charge in [0.2, 0.25) is 5.91 Å². The Labute approximate surface area is 88.6 Å². The maximum Gasteiger partial charge on any atom is 0.268 e. The number of hydrogen-bond donors (Lipinski definition) is 4. The van der Waals surface area contributed by atoms with Crippen LogP contribution in [0.15, 0.2) is 0 Å². The van der Waals surface area contributed by atoms with E-state index in [0.29, 0.717) is 6.42 Å². The summed E-state index contributed by atoms with van der Waals surface area (Å²) in [5, 5.41) is 19.9. The summed E-state index contributed by atoms with van der Waals surface area (Å²) >= 11 is 0. The van der Waals surface area contributed by atoms with Crippen molar-refractivity contribution in [1.82, 2.24) is 10.8 Å². The second-order valence-electron chi connectivity index (χ2n) is 3.37. The number of carbonyl (C=O) groups excluding carboxylic acids is 2. The highest BCUT2D eigenvalue weighted by Crippen LogP contribution is 1.97. The molecule has 0 unspecified atom stereocenters. The first kappa shape index (κ1) is 13.9. The lowest BCUT2D eigenvalue weighted by molar-refractivity contribution is -0.137. The fourth-order valence-corrected chi connectivity index (χ4v) is 1.06. The molecule has 0 aromatic rings. The number of rotatable bonds is 6. The van der Waals surface area contributed by atoms with Gasteiger partial charge in [-0.15, -0.1) is 0 Å². The van der Waals surface area contributed by atoms with E-state index in [-0.39, 0.29) is 5.91 Å². The van der Waals surface area contributed by atoms with Crippen molar-refractivity contribution in [3.8, 4) is 0 Å². The van der Waals surface area contributed by atoms with Crippen molar-refractivity contribution in [2.24, 2.45) is 0 Å². The summed E-state index contributed by atoms with van der Waals surface area (Å²) in [6.07, 6.45) is 0.846. The first-order valence-corrected chi connectivity index (χ1v) is 4.94. The Kier molecular flexibility index (Phi) is 6.64. The van der Waals surface area contributed by atoms with Crippen LogP contribution in [-0.4, -0.2) is 34.3 Å². The molecule has 0 spiro atoms. The van der Waals surface area contributed by atoms with Crippen molar-refractivity contribution < 1.29 is 19.9 Å². The third-order valence-electron chi connectivity index (χ3n) is 1.95. The molecule has 15 heavy (non-hydrogen) atoms. The third kappa shape index (κ3) is 5.34. The average molecular weight is 218 g/mol. The van der Waals surface area contributed by atoms with Crippen molar-refractivity contribution in [2.75, 3.05) is 0 Å². The molecule has 6 nitrogen and oxygen atoms in total. The molecule has 0 radical (unpaired) electrons. The number of nitrogens with one attached hydrogen (secondary N) is 2. The van der Waals surface area contributed by atoms with Gasteiger partial charge in [-0.1, -0.05) is 13.3 Å². The molecule has 0 heterocycles. The predicted molar refractivity (Wildman–Crippen MR) is 53.1 cm³/mol. The second kappa shape index (κ2) is 7.19. The van der Waals surface area contributed by atoms with E-state index in [1.165, 1.54) is 12.4 Å². The third-order valence-corrected chi connectivity index (χ3v) is 1.95. The first-order valence-electron chi connectivity index (χ1n) is 4.94. The van der Waals surface area contributed by atoms with E-state index < -0.39 is 18.1 Å². The average Bonchev–Trinajstić information content (AvgIpc) is 2.21. The molecule has 0 rings (SSSR count). The molecule has 4 N–H and O–H groups in total. The van der Waals surface area contributed by atoms with E-state index in [9.17, 15) is 14.7 Å². The van der Waals surface area contributed by atoms with Crippen LogP contribution in [0.25, 0.3) is 0 Å². The molecule has 88 valence electrons. The Balaban J connectivity index is 4.17. The maximum atomic E-state index is 11.3. The molecule has 6 heteroatoms. The molecule has 0 aliphatic rings. The van der Waals surface area contributed by atoms with E-state index in [1.54, 1.807) is 0 Å². The van der Waals surface area contributed by atoms with Gasteiger partial charge in [0.1, 0.15) is 6.04 Å². The molecule has 0 aromatic heterocycles. The van der Waals surface area contributed by atoms with E-state index in [2.05, 4.69) is 5.32 Å². The summed E-state index contributed by atoms with van der Waals surface area (Å²) in [5.41, 5.74) is 1.39. The molecular weight excluding hydrogens is 200 g/mol. The number of amides is 2. The van der Waals surface area contributed by atoms with Gasteiger partial charge in [-0.05, 0) is 13.3 Å². The molecule has 0 saturated heterocycles. The summed E-state index contributed by atoms with van der Waals surface area (Å²) in [4.78, 5) is 22.3. The van der Waals surface area contributed by atoms with Crippen molar-refractivity contribution in [2.45, 2.75) is 45.3 Å². The van der Waals surface area contributed by atoms with Gasteiger partial charge in [-0.25, -0.2) is 5.48 Å². The first-order chi connectivity index (χ1) is 7.02. The van der Waals surface area contributed by atoms with Crippen LogP contribution >= 0.6 is 0 Å². The van der Waals surface area contributed by atoms with Crippen LogP contribution in [0.1, 0.15) is 33.1 Å². The van der Waals surface area contributed by atoms with Crippen LogP contribution in [0.3, 0.4) is 0 Å². The van der Waals surface area contributed by atoms with Crippen LogP contribution in [0.4, 0.5) is 0 Å². The molecule has 0 saturated carbocycles. The lowest BCUT2D eigenvalue weighted by Gasteiger charge is -2.19. The number of aliphatic hydroxyl groups excluding tert-OH is 1. The smallest absolute Gasteiger partial charge is 0.268 e. The molecule has 0 aliphatic heterocycles. The lowest BCUT2D eigenvalue weighted by Crippen LogP contribution is -2.51. The van der Waals surface area contributed by atoms with Gasteiger partial charge >= 0.3 is 0 Å². The number of hydroxylamine groups is 1. The molecule has 0 aliphatic carbocycles. The molecule has 2 atom stereocenters. The van der Waals surface area contributed by atoms with Crippen molar-refractivity contribution in [3.05, 3.63) is 0 Å². The lowest BCUT2D eigenvalue weighted by atomic mass is 10.1. The van der Waals surface area contributed by atoms with Gasteiger partial charge in [0.15, 0.2) is 0 Å². The van der Waals surface area contributed by atoms with E-state index in [0.717, 1.165) is 12.8 Å². The highest BCUT2D eigenvalue weighted by molar-refractivity contribution is 5.87. The van der Waals surface area contributed by atoms with Gasteiger partial charge in [-0.2, -0.15) is 0 Å². The van der Waals surface area contributed by atoms with Crippen LogP contribution in [0, 0.1) is 0 Å². The van der Waals surface area contributed by atoms with Gasteiger partial charge in [0, 0.05) is 6.42 Å². The van der Waals surface area contributed by atoms with Gasteiger partial charge < -0.3 is 10.4 Å². The fourth-order valence-electron chi connectivity index (χ4n) is 1.06. The van der Waals surface area contributed by atoms with Crippen LogP contribution in [0.2, 0.25) is 0 Å². The Bertz CT molecular complexity index is 218. The Hall–Kier alpha value is -1.14. The zero-order valence-corrected chi connectivity index (χ0v) is 8.99. The summed E-state index contributed by atoms with van der Waals surface area (Å²) < 4.78 is 0. The van der Waals surface area contributed by atoms with E-state index >= 15 is 0 Å². The highest BCUT2D eigenvalue weighted by Gasteiger charge is 2.24. The van der Waals surface area contributed by atoms with E-state index in [1.807, 2.05) is 6.92 Å². The Morgan fingerprint density at radius 2 is 2.00 bits per heavy atom. The number of aliphatic hydroxyl groups is 1. The minimum absolute atomic E-state index is 0.304. The van der Waals surface area contributed by atoms with Crippen molar-refractivity contribution in [1.29, 1.82) is 0 Å². The minimum atomic E-state index is -1.11. The summed E-state index contributed by atoms with van der Waals surface area (Å²) in [6.45, 7) is 3.31. The van der Waals surface area contributed by atoms with Gasteiger partial charge in [0.25, 0.3) is 5.91 Å². The normalized spacial score (nSPS) is 14.1. The molecular formula is C9H18N2O4. The Morgan fingerprint density at radius 3 is 2.40 bits per heavy atom. The zero-order chi connectivity index (χ0) is 11.8. The van der Waals surface area contributed by atoms with Crippen LogP contribution in [0.5, 0.6) is 0 Å².